The zero-order valence-electron chi connectivity index (χ0n) is 19.7. The molecule has 0 heterocycles. The van der Waals surface area contributed by atoms with Crippen LogP contribution in [0.5, 0.6) is 0 Å². The van der Waals surface area contributed by atoms with E-state index in [0.717, 1.165) is 6.07 Å². The average Bonchev–Trinajstić information content (AvgIpc) is 2.79. The van der Waals surface area contributed by atoms with Crippen molar-refractivity contribution in [2.45, 2.75) is 50.1 Å². The van der Waals surface area contributed by atoms with Gasteiger partial charge in [-0.1, -0.05) is 17.7 Å². The molecule has 0 radical (unpaired) electrons. The molecule has 0 saturated carbocycles. The van der Waals surface area contributed by atoms with Gasteiger partial charge < -0.3 is 20.5 Å². The lowest BCUT2D eigenvalue weighted by molar-refractivity contribution is -0.261. The summed E-state index contributed by atoms with van der Waals surface area (Å²) in [5, 5.41) is 15.1. The molecular formula is C23H22ClF9N2O3. The molecule has 0 fully saturated rings. The number of nitrogens with one attached hydrogen (secondary N) is 2. The molecule has 0 unspecified atom stereocenters. The second kappa shape index (κ2) is 11.6. The minimum atomic E-state index is -5.68. The third kappa shape index (κ3) is 7.90. The summed E-state index contributed by atoms with van der Waals surface area (Å²) in [7, 11) is 1.42. The number of rotatable bonds is 9. The number of benzene rings is 2. The molecule has 2 aromatic rings. The first-order valence-corrected chi connectivity index (χ1v) is 11.1. The van der Waals surface area contributed by atoms with Gasteiger partial charge >= 0.3 is 18.5 Å². The summed E-state index contributed by atoms with van der Waals surface area (Å²) in [6.07, 6.45) is -16.8. The largest absolute Gasteiger partial charge is 0.423 e. The molecule has 0 aliphatic carbocycles. The molecule has 2 rings (SSSR count). The summed E-state index contributed by atoms with van der Waals surface area (Å²) in [5.41, 5.74) is -9.61. The van der Waals surface area contributed by atoms with E-state index in [1.165, 1.54) is 19.2 Å². The van der Waals surface area contributed by atoms with E-state index in [-0.39, 0.29) is 53.9 Å². The molecule has 1 amide bonds. The van der Waals surface area contributed by atoms with Gasteiger partial charge in [0, 0.05) is 24.4 Å². The number of halogens is 10. The summed E-state index contributed by atoms with van der Waals surface area (Å²) in [6, 6.07) is 2.92. The Hall–Kier alpha value is -2.71. The number of aliphatic hydroxyl groups is 1. The van der Waals surface area contributed by atoms with Crippen molar-refractivity contribution in [1.29, 1.82) is 0 Å². The molecule has 5 nitrogen and oxygen atoms in total. The van der Waals surface area contributed by atoms with Gasteiger partial charge in [-0.3, -0.25) is 4.79 Å². The molecule has 0 bridgehead atoms. The second-order valence-corrected chi connectivity index (χ2v) is 8.75. The van der Waals surface area contributed by atoms with Crippen molar-refractivity contribution in [3.63, 3.8) is 0 Å². The van der Waals surface area contributed by atoms with Gasteiger partial charge in [-0.2, -0.15) is 39.5 Å². The topological polar surface area (TPSA) is 70.6 Å². The molecule has 0 aliphatic heterocycles. The third-order valence-corrected chi connectivity index (χ3v) is 5.84. The fourth-order valence-corrected chi connectivity index (χ4v) is 3.45. The number of alkyl halides is 9. The van der Waals surface area contributed by atoms with Crippen molar-refractivity contribution in [2.75, 3.05) is 19.0 Å². The normalized spacial score (nSPS) is 15.1. The average molecular weight is 581 g/mol. The van der Waals surface area contributed by atoms with Crippen LogP contribution in [0, 0.1) is 0 Å². The third-order valence-electron chi connectivity index (χ3n) is 5.49. The van der Waals surface area contributed by atoms with E-state index in [0.29, 0.717) is 5.56 Å². The van der Waals surface area contributed by atoms with Crippen molar-refractivity contribution in [2.24, 2.45) is 0 Å². The smallest absolute Gasteiger partial charge is 0.381 e. The minimum absolute atomic E-state index is 0.0240. The van der Waals surface area contributed by atoms with Crippen LogP contribution >= 0.6 is 11.6 Å². The summed E-state index contributed by atoms with van der Waals surface area (Å²) in [6.45, 7) is 0.0697. The van der Waals surface area contributed by atoms with E-state index < -0.39 is 47.4 Å². The highest BCUT2D eigenvalue weighted by Gasteiger charge is 2.56. The number of carbonyl (C=O) groups excluding carboxylic acids is 1. The standard InChI is InChI=1S/C23H22ClF9N2O3/c1-12(38-2)5-19(36)34-10-13-3-4-17(9-18(13)24)35-11-20(37,23(31,32)33)14-6-15(21(25,26)27)8-16(7-14)22(28,29)30/h3-4,6-9,12,35,37H,5,10-11H2,1-2H3,(H,34,36)/t12-,20-/m0/s1. The predicted octanol–water partition coefficient (Wildman–Crippen LogP) is 6.28. The zero-order valence-corrected chi connectivity index (χ0v) is 20.5. The van der Waals surface area contributed by atoms with Crippen molar-refractivity contribution in [3.05, 3.63) is 63.7 Å². The minimum Gasteiger partial charge on any atom is -0.381 e. The van der Waals surface area contributed by atoms with Crippen LogP contribution in [0.25, 0.3) is 0 Å². The number of hydrogen-bond acceptors (Lipinski definition) is 4. The highest BCUT2D eigenvalue weighted by Crippen LogP contribution is 2.44. The van der Waals surface area contributed by atoms with Gasteiger partial charge in [0.15, 0.2) is 0 Å². The summed E-state index contributed by atoms with van der Waals surface area (Å²) in [4.78, 5) is 11.9. The molecule has 0 aliphatic rings. The van der Waals surface area contributed by atoms with Gasteiger partial charge in [0.25, 0.3) is 0 Å². The first-order valence-electron chi connectivity index (χ1n) is 10.7. The van der Waals surface area contributed by atoms with Crippen molar-refractivity contribution in [3.8, 4) is 0 Å². The molecule has 0 aromatic heterocycles. The molecular weight excluding hydrogens is 559 g/mol. The van der Waals surface area contributed by atoms with Crippen LogP contribution in [-0.2, 0) is 34.0 Å². The molecule has 0 spiro atoms. The van der Waals surface area contributed by atoms with Crippen molar-refractivity contribution in [1.82, 2.24) is 5.32 Å². The Kier molecular flexibility index (Phi) is 9.60. The predicted molar refractivity (Wildman–Crippen MR) is 119 cm³/mol. The quantitative estimate of drug-likeness (QED) is 0.305. The van der Waals surface area contributed by atoms with Crippen LogP contribution in [0.4, 0.5) is 45.2 Å². The fraction of sp³-hybridized carbons (Fsp3) is 0.435. The maximum Gasteiger partial charge on any atom is 0.423 e. The number of amides is 1. The van der Waals surface area contributed by atoms with E-state index in [1.807, 2.05) is 0 Å². The zero-order chi connectivity index (χ0) is 29.1. The molecule has 2 atom stereocenters. The first-order chi connectivity index (χ1) is 17.3. The number of carbonyl (C=O) groups is 1. The molecule has 3 N–H and O–H groups in total. The van der Waals surface area contributed by atoms with Crippen LogP contribution in [0.3, 0.4) is 0 Å². The maximum atomic E-state index is 13.9. The van der Waals surface area contributed by atoms with Crippen LogP contribution in [0.15, 0.2) is 36.4 Å². The Labute approximate surface area is 215 Å². The molecule has 0 saturated heterocycles. The lowest BCUT2D eigenvalue weighted by Crippen LogP contribution is -2.48. The molecule has 2 aromatic carbocycles. The van der Waals surface area contributed by atoms with E-state index in [2.05, 4.69) is 10.6 Å². The summed E-state index contributed by atoms with van der Waals surface area (Å²) in [5.74, 6) is -0.368. The van der Waals surface area contributed by atoms with Crippen LogP contribution in [0.2, 0.25) is 5.02 Å². The number of anilines is 1. The van der Waals surface area contributed by atoms with Gasteiger partial charge in [-0.15, -0.1) is 0 Å². The van der Waals surface area contributed by atoms with Crippen molar-refractivity contribution >= 4 is 23.2 Å². The van der Waals surface area contributed by atoms with Gasteiger partial charge in [0.1, 0.15) is 0 Å². The van der Waals surface area contributed by atoms with Crippen molar-refractivity contribution < 1.29 is 54.2 Å². The number of hydrogen-bond donors (Lipinski definition) is 3. The monoisotopic (exact) mass is 580 g/mol. The van der Waals surface area contributed by atoms with Crippen LogP contribution < -0.4 is 10.6 Å². The maximum absolute atomic E-state index is 13.9. The molecule has 212 valence electrons. The molecule has 38 heavy (non-hydrogen) atoms. The SMILES string of the molecule is CO[C@@H](C)CC(=O)NCc1ccc(NC[C@](O)(c2cc(C(F)(F)F)cc(C(F)(F)F)c2)C(F)(F)F)cc1Cl. The van der Waals surface area contributed by atoms with E-state index in [4.69, 9.17) is 16.3 Å². The lowest BCUT2D eigenvalue weighted by atomic mass is 9.89. The number of methoxy groups -OCH3 is 1. The summed E-state index contributed by atoms with van der Waals surface area (Å²) < 4.78 is 125. The van der Waals surface area contributed by atoms with E-state index >= 15 is 0 Å². The second-order valence-electron chi connectivity index (χ2n) is 8.34. The highest BCUT2D eigenvalue weighted by molar-refractivity contribution is 6.31. The molecule has 15 heteroatoms. The Morgan fingerprint density at radius 3 is 1.92 bits per heavy atom. The van der Waals surface area contributed by atoms with Gasteiger partial charge in [0.05, 0.1) is 30.2 Å². The van der Waals surface area contributed by atoms with E-state index in [1.54, 1.807) is 6.92 Å². The highest BCUT2D eigenvalue weighted by atomic mass is 35.5. The Morgan fingerprint density at radius 1 is 0.947 bits per heavy atom. The Balaban J connectivity index is 2.32. The lowest BCUT2D eigenvalue weighted by Gasteiger charge is -2.32. The van der Waals surface area contributed by atoms with E-state index in [9.17, 15) is 49.4 Å². The Morgan fingerprint density at radius 2 is 1.47 bits per heavy atom. The summed E-state index contributed by atoms with van der Waals surface area (Å²) >= 11 is 6.09. The Bertz CT molecular complexity index is 1100. The van der Waals surface area contributed by atoms with Gasteiger partial charge in [-0.05, 0) is 48.4 Å². The van der Waals surface area contributed by atoms with Crippen LogP contribution in [-0.4, -0.2) is 36.9 Å². The first kappa shape index (κ1) is 31.5. The number of ether oxygens (including phenoxy) is 1. The fourth-order valence-electron chi connectivity index (χ4n) is 3.20. The van der Waals surface area contributed by atoms with Gasteiger partial charge in [-0.25, -0.2) is 0 Å². The van der Waals surface area contributed by atoms with Gasteiger partial charge in [0.2, 0.25) is 11.5 Å². The van der Waals surface area contributed by atoms with Crippen LogP contribution in [0.1, 0.15) is 35.6 Å².